The molecule has 0 radical (unpaired) electrons. The van der Waals surface area contributed by atoms with E-state index in [2.05, 4.69) is 5.32 Å². The van der Waals surface area contributed by atoms with Crippen LogP contribution in [0.4, 0.5) is 10.1 Å². The van der Waals surface area contributed by atoms with Crippen molar-refractivity contribution in [1.29, 1.82) is 0 Å². The first-order chi connectivity index (χ1) is 19.2. The van der Waals surface area contributed by atoms with E-state index in [-0.39, 0.29) is 29.1 Å². The maximum atomic E-state index is 14.0. The van der Waals surface area contributed by atoms with Gasteiger partial charge in [-0.05, 0) is 74.2 Å². The normalized spacial score (nSPS) is 14.8. The number of nitrogens with zero attached hydrogens (tertiary/aromatic N) is 2. The van der Waals surface area contributed by atoms with Crippen LogP contribution in [0.3, 0.4) is 0 Å². The molecule has 3 aromatic carbocycles. The molecular weight excluding hydrogens is 529 g/mol. The van der Waals surface area contributed by atoms with Gasteiger partial charge >= 0.3 is 0 Å². The average Bonchev–Trinajstić information content (AvgIpc) is 2.96. The Balaban J connectivity index is 1.67. The number of hydrogen-bond acceptors (Lipinski definition) is 4. The maximum Gasteiger partial charge on any atom is 0.264 e. The lowest BCUT2D eigenvalue weighted by Gasteiger charge is -2.33. The summed E-state index contributed by atoms with van der Waals surface area (Å²) < 4.78 is 42.2. The van der Waals surface area contributed by atoms with Gasteiger partial charge in [0.2, 0.25) is 11.8 Å². The number of benzene rings is 3. The van der Waals surface area contributed by atoms with Crippen LogP contribution in [0.2, 0.25) is 0 Å². The molecule has 0 bridgehead atoms. The van der Waals surface area contributed by atoms with Crippen LogP contribution in [-0.4, -0.2) is 43.8 Å². The minimum absolute atomic E-state index is 0.000619. The number of nitrogens with one attached hydrogen (secondary N) is 1. The second-order valence-electron chi connectivity index (χ2n) is 10.3. The molecule has 0 spiro atoms. The van der Waals surface area contributed by atoms with Gasteiger partial charge in [-0.3, -0.25) is 13.9 Å². The van der Waals surface area contributed by atoms with E-state index >= 15 is 0 Å². The topological polar surface area (TPSA) is 86.8 Å². The minimum Gasteiger partial charge on any atom is -0.352 e. The lowest BCUT2D eigenvalue weighted by Crippen LogP contribution is -2.53. The van der Waals surface area contributed by atoms with E-state index in [1.807, 2.05) is 31.2 Å². The van der Waals surface area contributed by atoms with Crippen LogP contribution in [0.5, 0.6) is 0 Å². The van der Waals surface area contributed by atoms with E-state index in [0.717, 1.165) is 59.7 Å². The first-order valence-electron chi connectivity index (χ1n) is 13.6. The molecule has 4 rings (SSSR count). The van der Waals surface area contributed by atoms with Gasteiger partial charge in [-0.25, -0.2) is 12.8 Å². The zero-order chi connectivity index (χ0) is 28.7. The number of halogens is 1. The molecule has 40 heavy (non-hydrogen) atoms. The number of sulfonamides is 1. The second-order valence-corrected chi connectivity index (χ2v) is 12.1. The van der Waals surface area contributed by atoms with Gasteiger partial charge in [-0.15, -0.1) is 0 Å². The van der Waals surface area contributed by atoms with Crippen molar-refractivity contribution in [3.05, 3.63) is 95.8 Å². The minimum atomic E-state index is -4.18. The van der Waals surface area contributed by atoms with Gasteiger partial charge in [0.1, 0.15) is 18.4 Å². The monoisotopic (exact) mass is 565 g/mol. The Labute approximate surface area is 236 Å². The zero-order valence-corrected chi connectivity index (χ0v) is 23.7. The Morgan fingerprint density at radius 1 is 0.925 bits per heavy atom. The van der Waals surface area contributed by atoms with Crippen molar-refractivity contribution >= 4 is 27.5 Å². The SMILES string of the molecule is Cc1ccccc1CN(C(=O)CN(c1ccc(F)cc1)S(=O)(=O)c1ccccc1)[C@H](C)C(=O)NC1CCCCC1. The third-order valence-electron chi connectivity index (χ3n) is 7.45. The van der Waals surface area contributed by atoms with Crippen molar-refractivity contribution in [2.75, 3.05) is 10.8 Å². The summed E-state index contributed by atoms with van der Waals surface area (Å²) in [5.74, 6) is -1.34. The van der Waals surface area contributed by atoms with E-state index in [1.54, 1.807) is 25.1 Å². The van der Waals surface area contributed by atoms with Crippen molar-refractivity contribution in [1.82, 2.24) is 10.2 Å². The first kappa shape index (κ1) is 29.3. The fraction of sp³-hybridized carbons (Fsp3) is 0.355. The number of rotatable bonds is 10. The molecule has 1 aliphatic rings. The average molecular weight is 566 g/mol. The highest BCUT2D eigenvalue weighted by Gasteiger charge is 2.33. The Kier molecular flexibility index (Phi) is 9.58. The molecule has 7 nitrogen and oxygen atoms in total. The second kappa shape index (κ2) is 13.1. The summed E-state index contributed by atoms with van der Waals surface area (Å²) in [6.45, 7) is 3.17. The van der Waals surface area contributed by atoms with Crippen LogP contribution in [0.1, 0.15) is 50.2 Å². The molecule has 0 aliphatic heterocycles. The molecule has 212 valence electrons. The molecule has 1 fully saturated rings. The van der Waals surface area contributed by atoms with Crippen LogP contribution in [0.15, 0.2) is 83.8 Å². The number of anilines is 1. The summed E-state index contributed by atoms with van der Waals surface area (Å²) in [4.78, 5) is 28.8. The highest BCUT2D eigenvalue weighted by molar-refractivity contribution is 7.92. The molecule has 0 unspecified atom stereocenters. The summed E-state index contributed by atoms with van der Waals surface area (Å²) in [6.07, 6.45) is 5.05. The number of carbonyl (C=O) groups excluding carboxylic acids is 2. The predicted molar refractivity (Wildman–Crippen MR) is 154 cm³/mol. The summed E-state index contributed by atoms with van der Waals surface area (Å²) >= 11 is 0. The van der Waals surface area contributed by atoms with Crippen LogP contribution >= 0.6 is 0 Å². The summed E-state index contributed by atoms with van der Waals surface area (Å²) in [5, 5.41) is 3.10. The molecule has 0 saturated heterocycles. The zero-order valence-electron chi connectivity index (χ0n) is 22.9. The third kappa shape index (κ3) is 7.07. The van der Waals surface area contributed by atoms with E-state index < -0.39 is 34.3 Å². The van der Waals surface area contributed by atoms with Gasteiger partial charge in [-0.2, -0.15) is 0 Å². The van der Waals surface area contributed by atoms with Crippen molar-refractivity contribution in [2.45, 2.75) is 69.5 Å². The molecule has 9 heteroatoms. The van der Waals surface area contributed by atoms with Crippen molar-refractivity contribution in [3.63, 3.8) is 0 Å². The maximum absolute atomic E-state index is 14.0. The van der Waals surface area contributed by atoms with Crippen LogP contribution in [0.25, 0.3) is 0 Å². The quantitative estimate of drug-likeness (QED) is 0.366. The number of hydrogen-bond donors (Lipinski definition) is 1. The number of aryl methyl sites for hydroxylation is 1. The van der Waals surface area contributed by atoms with Crippen LogP contribution in [-0.2, 0) is 26.2 Å². The fourth-order valence-corrected chi connectivity index (χ4v) is 6.41. The van der Waals surface area contributed by atoms with E-state index in [0.29, 0.717) is 0 Å². The van der Waals surface area contributed by atoms with Gasteiger partial charge < -0.3 is 10.2 Å². The Bertz CT molecular complexity index is 1410. The molecular formula is C31H36FN3O4S. The largest absolute Gasteiger partial charge is 0.352 e. The molecule has 0 aromatic heterocycles. The van der Waals surface area contributed by atoms with Gasteiger partial charge in [0.15, 0.2) is 0 Å². The van der Waals surface area contributed by atoms with Crippen molar-refractivity contribution in [2.24, 2.45) is 0 Å². The number of amides is 2. The van der Waals surface area contributed by atoms with E-state index in [1.165, 1.54) is 29.2 Å². The van der Waals surface area contributed by atoms with Crippen LogP contribution < -0.4 is 9.62 Å². The Morgan fingerprint density at radius 3 is 2.20 bits per heavy atom. The standard InChI is InChI=1S/C31H36FN3O4S/c1-23-11-9-10-12-25(23)21-34(24(2)31(37)33-27-13-5-3-6-14-27)30(36)22-35(28-19-17-26(32)18-20-28)40(38,39)29-15-7-4-8-16-29/h4,7-12,15-20,24,27H,3,5-6,13-14,21-22H2,1-2H3,(H,33,37)/t24-/m1/s1. The Morgan fingerprint density at radius 2 is 1.55 bits per heavy atom. The molecule has 1 N–H and O–H groups in total. The molecule has 0 heterocycles. The molecule has 2 amide bonds. The first-order valence-corrected chi connectivity index (χ1v) is 15.1. The summed E-state index contributed by atoms with van der Waals surface area (Å²) in [7, 11) is -4.18. The Hall–Kier alpha value is -3.72. The smallest absolute Gasteiger partial charge is 0.264 e. The van der Waals surface area contributed by atoms with Gasteiger partial charge in [0, 0.05) is 12.6 Å². The van der Waals surface area contributed by atoms with Gasteiger partial charge in [0.25, 0.3) is 10.0 Å². The fourth-order valence-electron chi connectivity index (χ4n) is 4.98. The third-order valence-corrected chi connectivity index (χ3v) is 9.23. The van der Waals surface area contributed by atoms with Gasteiger partial charge in [-0.1, -0.05) is 61.7 Å². The van der Waals surface area contributed by atoms with E-state index in [4.69, 9.17) is 0 Å². The predicted octanol–water partition coefficient (Wildman–Crippen LogP) is 5.20. The van der Waals surface area contributed by atoms with Crippen molar-refractivity contribution < 1.29 is 22.4 Å². The van der Waals surface area contributed by atoms with Crippen LogP contribution in [0, 0.1) is 12.7 Å². The number of carbonyl (C=O) groups is 2. The molecule has 3 aromatic rings. The van der Waals surface area contributed by atoms with Crippen molar-refractivity contribution in [3.8, 4) is 0 Å². The van der Waals surface area contributed by atoms with Gasteiger partial charge in [0.05, 0.1) is 10.6 Å². The molecule has 1 atom stereocenters. The highest BCUT2D eigenvalue weighted by atomic mass is 32.2. The molecule has 1 saturated carbocycles. The molecule has 1 aliphatic carbocycles. The lowest BCUT2D eigenvalue weighted by atomic mass is 9.95. The lowest BCUT2D eigenvalue weighted by molar-refractivity contribution is -0.139. The highest BCUT2D eigenvalue weighted by Crippen LogP contribution is 2.25. The summed E-state index contributed by atoms with van der Waals surface area (Å²) in [6, 6.07) is 19.5. The summed E-state index contributed by atoms with van der Waals surface area (Å²) in [5.41, 5.74) is 1.95. The van der Waals surface area contributed by atoms with E-state index in [9.17, 15) is 22.4 Å².